The summed E-state index contributed by atoms with van der Waals surface area (Å²) in [7, 11) is 0. The van der Waals surface area contributed by atoms with Crippen LogP contribution in [0.3, 0.4) is 0 Å². The van der Waals surface area contributed by atoms with E-state index in [1.807, 2.05) is 0 Å². The molecule has 96 valence electrons. The van der Waals surface area contributed by atoms with Gasteiger partial charge in [0, 0.05) is 31.6 Å². The Hall–Kier alpha value is 0.400. The van der Waals surface area contributed by atoms with Crippen molar-refractivity contribution in [3.05, 3.63) is 0 Å². The summed E-state index contributed by atoms with van der Waals surface area (Å²) >= 11 is 3.63. The fourth-order valence-electron chi connectivity index (χ4n) is 2.48. The summed E-state index contributed by atoms with van der Waals surface area (Å²) in [6.45, 7) is 8.93. The van der Waals surface area contributed by atoms with E-state index in [0.29, 0.717) is 6.10 Å². The Morgan fingerprint density at radius 3 is 2.50 bits per heavy atom. The fraction of sp³-hybridized carbons (Fsp3) is 1.00. The van der Waals surface area contributed by atoms with Crippen LogP contribution in [-0.2, 0) is 4.74 Å². The Kier molecular flexibility index (Phi) is 7.67. The number of hydrogen-bond donors (Lipinski definition) is 0. The van der Waals surface area contributed by atoms with Gasteiger partial charge >= 0.3 is 0 Å². The van der Waals surface area contributed by atoms with E-state index in [-0.39, 0.29) is 0 Å². The molecule has 1 unspecified atom stereocenters. The number of halogens is 1. The van der Waals surface area contributed by atoms with Gasteiger partial charge in [-0.25, -0.2) is 0 Å². The predicted molar refractivity (Wildman–Crippen MR) is 73.3 cm³/mol. The molecule has 1 heterocycles. The third-order valence-electron chi connectivity index (χ3n) is 3.37. The van der Waals surface area contributed by atoms with Crippen LogP contribution in [0.15, 0.2) is 0 Å². The second-order valence-corrected chi connectivity index (χ2v) is 5.41. The first-order valence-corrected chi connectivity index (χ1v) is 7.82. The molecule has 16 heavy (non-hydrogen) atoms. The zero-order chi connectivity index (χ0) is 11.8. The lowest BCUT2D eigenvalue weighted by atomic mass is 10.0. The van der Waals surface area contributed by atoms with Crippen molar-refractivity contribution in [3.63, 3.8) is 0 Å². The van der Waals surface area contributed by atoms with Crippen molar-refractivity contribution in [3.8, 4) is 0 Å². The van der Waals surface area contributed by atoms with Gasteiger partial charge < -0.3 is 9.64 Å². The highest BCUT2D eigenvalue weighted by Gasteiger charge is 2.21. The third kappa shape index (κ3) is 5.15. The fourth-order valence-corrected chi connectivity index (χ4v) is 3.01. The lowest BCUT2D eigenvalue weighted by molar-refractivity contribution is 0.0115. The molecular formula is C13H26BrNO. The highest BCUT2D eigenvalue weighted by molar-refractivity contribution is 9.09. The Balaban J connectivity index is 2.20. The molecule has 3 heteroatoms. The van der Waals surface area contributed by atoms with Gasteiger partial charge in [0.15, 0.2) is 0 Å². The van der Waals surface area contributed by atoms with Gasteiger partial charge in [-0.2, -0.15) is 0 Å². The minimum atomic E-state index is 0.523. The maximum absolute atomic E-state index is 5.67. The Morgan fingerprint density at radius 1 is 1.31 bits per heavy atom. The van der Waals surface area contributed by atoms with Gasteiger partial charge in [0.1, 0.15) is 0 Å². The second-order valence-electron chi connectivity index (χ2n) is 4.76. The Labute approximate surface area is 109 Å². The Morgan fingerprint density at radius 2 is 2.00 bits per heavy atom. The first kappa shape index (κ1) is 14.5. The van der Waals surface area contributed by atoms with E-state index in [1.165, 1.54) is 45.3 Å². The summed E-state index contributed by atoms with van der Waals surface area (Å²) in [5.74, 6) is 0.827. The lowest BCUT2D eigenvalue weighted by Crippen LogP contribution is -2.40. The summed E-state index contributed by atoms with van der Waals surface area (Å²) in [5.41, 5.74) is 0. The van der Waals surface area contributed by atoms with E-state index in [0.717, 1.165) is 17.9 Å². The van der Waals surface area contributed by atoms with Gasteiger partial charge in [-0.15, -0.1) is 0 Å². The van der Waals surface area contributed by atoms with Crippen molar-refractivity contribution in [1.29, 1.82) is 0 Å². The number of piperidine rings is 1. The molecule has 1 aliphatic rings. The van der Waals surface area contributed by atoms with Crippen molar-refractivity contribution in [2.75, 3.05) is 31.6 Å². The van der Waals surface area contributed by atoms with Crippen LogP contribution < -0.4 is 0 Å². The number of ether oxygens (including phenoxy) is 1. The minimum absolute atomic E-state index is 0.523. The van der Waals surface area contributed by atoms with Crippen LogP contribution in [0.5, 0.6) is 0 Å². The number of hydrogen-bond acceptors (Lipinski definition) is 2. The molecule has 0 N–H and O–H groups in total. The van der Waals surface area contributed by atoms with Crippen molar-refractivity contribution >= 4 is 15.9 Å². The van der Waals surface area contributed by atoms with Crippen LogP contribution in [0, 0.1) is 5.92 Å². The first-order chi connectivity index (χ1) is 7.80. The number of nitrogens with zero attached hydrogens (tertiary/aromatic N) is 1. The van der Waals surface area contributed by atoms with Crippen LogP contribution in [0.25, 0.3) is 0 Å². The lowest BCUT2D eigenvalue weighted by Gasteiger charge is -2.33. The van der Waals surface area contributed by atoms with Crippen molar-refractivity contribution in [2.45, 2.75) is 45.6 Å². The maximum Gasteiger partial charge on any atom is 0.0599 e. The SMILES string of the molecule is CCCC(CBr)CN1CCC(OCC)CC1. The number of alkyl halides is 1. The van der Waals surface area contributed by atoms with E-state index in [2.05, 4.69) is 34.7 Å². The molecule has 1 aliphatic heterocycles. The van der Waals surface area contributed by atoms with Crippen molar-refractivity contribution in [1.82, 2.24) is 4.90 Å². The van der Waals surface area contributed by atoms with Crippen LogP contribution in [0.2, 0.25) is 0 Å². The third-order valence-corrected chi connectivity index (χ3v) is 4.28. The molecular weight excluding hydrogens is 266 g/mol. The quantitative estimate of drug-likeness (QED) is 0.668. The summed E-state index contributed by atoms with van der Waals surface area (Å²) in [4.78, 5) is 2.61. The summed E-state index contributed by atoms with van der Waals surface area (Å²) in [5, 5.41) is 1.15. The van der Waals surface area contributed by atoms with E-state index in [9.17, 15) is 0 Å². The van der Waals surface area contributed by atoms with Gasteiger partial charge in [0.05, 0.1) is 6.10 Å². The molecule has 0 aliphatic carbocycles. The molecule has 0 radical (unpaired) electrons. The van der Waals surface area contributed by atoms with E-state index < -0.39 is 0 Å². The number of likely N-dealkylation sites (tertiary alicyclic amines) is 1. The van der Waals surface area contributed by atoms with Gasteiger partial charge in [0.25, 0.3) is 0 Å². The van der Waals surface area contributed by atoms with Crippen LogP contribution in [0.1, 0.15) is 39.5 Å². The Bertz CT molecular complexity index is 169. The molecule has 1 saturated heterocycles. The monoisotopic (exact) mass is 291 g/mol. The summed E-state index contributed by atoms with van der Waals surface area (Å²) in [6.07, 6.45) is 5.60. The second kappa shape index (κ2) is 8.48. The predicted octanol–water partition coefficient (Wildman–Crippen LogP) is 3.30. The highest BCUT2D eigenvalue weighted by atomic mass is 79.9. The van der Waals surface area contributed by atoms with E-state index >= 15 is 0 Å². The summed E-state index contributed by atoms with van der Waals surface area (Å²) < 4.78 is 5.67. The molecule has 0 spiro atoms. The average Bonchev–Trinajstić information content (AvgIpc) is 2.31. The smallest absolute Gasteiger partial charge is 0.0599 e. The van der Waals surface area contributed by atoms with Crippen LogP contribution in [-0.4, -0.2) is 42.6 Å². The van der Waals surface area contributed by atoms with Gasteiger partial charge in [-0.05, 0) is 32.1 Å². The number of rotatable bonds is 7. The molecule has 0 aromatic rings. The van der Waals surface area contributed by atoms with Crippen molar-refractivity contribution < 1.29 is 4.74 Å². The topological polar surface area (TPSA) is 12.5 Å². The van der Waals surface area contributed by atoms with Crippen LogP contribution in [0.4, 0.5) is 0 Å². The molecule has 1 atom stereocenters. The van der Waals surface area contributed by atoms with Crippen LogP contribution >= 0.6 is 15.9 Å². The first-order valence-electron chi connectivity index (χ1n) is 6.70. The molecule has 0 bridgehead atoms. The minimum Gasteiger partial charge on any atom is -0.378 e. The van der Waals surface area contributed by atoms with E-state index in [1.54, 1.807) is 0 Å². The molecule has 0 aromatic heterocycles. The van der Waals surface area contributed by atoms with Gasteiger partial charge in [0.2, 0.25) is 0 Å². The highest BCUT2D eigenvalue weighted by Crippen LogP contribution is 2.17. The molecule has 2 nitrogen and oxygen atoms in total. The summed E-state index contributed by atoms with van der Waals surface area (Å²) in [6, 6.07) is 0. The standard InChI is InChI=1S/C13H26BrNO/c1-3-5-12(10-14)11-15-8-6-13(7-9-15)16-4-2/h12-13H,3-11H2,1-2H3. The zero-order valence-electron chi connectivity index (χ0n) is 10.8. The molecule has 0 aromatic carbocycles. The zero-order valence-corrected chi connectivity index (χ0v) is 12.3. The molecule has 1 fully saturated rings. The van der Waals surface area contributed by atoms with Gasteiger partial charge in [-0.1, -0.05) is 29.3 Å². The average molecular weight is 292 g/mol. The van der Waals surface area contributed by atoms with Gasteiger partial charge in [-0.3, -0.25) is 0 Å². The molecule has 0 amide bonds. The molecule has 0 saturated carbocycles. The molecule has 1 rings (SSSR count). The maximum atomic E-state index is 5.67. The van der Waals surface area contributed by atoms with E-state index in [4.69, 9.17) is 4.74 Å². The largest absolute Gasteiger partial charge is 0.378 e. The normalized spacial score (nSPS) is 21.2. The van der Waals surface area contributed by atoms with Crippen molar-refractivity contribution in [2.24, 2.45) is 5.92 Å².